The molecular weight excluding hydrogens is 256 g/mol. The maximum absolute atomic E-state index is 11.9. The molecule has 0 spiro atoms. The lowest BCUT2D eigenvalue weighted by Crippen LogP contribution is -2.50. The van der Waals surface area contributed by atoms with Crippen molar-refractivity contribution in [2.24, 2.45) is 5.92 Å². The van der Waals surface area contributed by atoms with Crippen molar-refractivity contribution in [2.75, 3.05) is 45.7 Å². The van der Waals surface area contributed by atoms with E-state index in [1.807, 2.05) is 11.8 Å². The zero-order valence-electron chi connectivity index (χ0n) is 11.0. The Morgan fingerprint density at radius 3 is 2.39 bits per heavy atom. The molecule has 0 N–H and O–H groups in total. The third-order valence-corrected chi connectivity index (χ3v) is 3.66. The second-order valence-electron chi connectivity index (χ2n) is 4.55. The highest BCUT2D eigenvalue weighted by Crippen LogP contribution is 2.09. The summed E-state index contributed by atoms with van der Waals surface area (Å²) in [5.41, 5.74) is 0. The van der Waals surface area contributed by atoms with Crippen LogP contribution in [0, 0.1) is 5.92 Å². The summed E-state index contributed by atoms with van der Waals surface area (Å²) in [5, 5.41) is 0. The number of rotatable bonds is 5. The number of carbonyl (C=O) groups excluding carboxylic acids is 2. The summed E-state index contributed by atoms with van der Waals surface area (Å²) in [4.78, 5) is 26.9. The van der Waals surface area contributed by atoms with Gasteiger partial charge in [0.25, 0.3) is 0 Å². The standard InChI is InChI=1S/C12H21ClN2O3/c1-10(9-13)12(17)15-7-5-14(6-8-15)4-3-11(16)18-2/h10H,3-9H2,1-2H3. The van der Waals surface area contributed by atoms with E-state index in [0.717, 1.165) is 13.1 Å². The van der Waals surface area contributed by atoms with Crippen molar-refractivity contribution >= 4 is 23.5 Å². The number of piperazine rings is 1. The van der Waals surface area contributed by atoms with Gasteiger partial charge >= 0.3 is 5.97 Å². The molecule has 1 aliphatic rings. The topological polar surface area (TPSA) is 49.9 Å². The first-order chi connectivity index (χ1) is 8.58. The average molecular weight is 277 g/mol. The Morgan fingerprint density at radius 1 is 1.28 bits per heavy atom. The Morgan fingerprint density at radius 2 is 1.89 bits per heavy atom. The molecule has 1 aliphatic heterocycles. The number of alkyl halides is 1. The molecule has 1 fully saturated rings. The van der Waals surface area contributed by atoms with Crippen molar-refractivity contribution in [1.82, 2.24) is 9.80 Å². The van der Waals surface area contributed by atoms with Crippen molar-refractivity contribution < 1.29 is 14.3 Å². The monoisotopic (exact) mass is 276 g/mol. The number of hydrogen-bond acceptors (Lipinski definition) is 4. The Labute approximate surface area is 113 Å². The molecule has 104 valence electrons. The highest BCUT2D eigenvalue weighted by molar-refractivity contribution is 6.19. The molecule has 6 heteroatoms. The minimum atomic E-state index is -0.190. The SMILES string of the molecule is COC(=O)CCN1CCN(C(=O)C(C)CCl)CC1. The number of carbonyl (C=O) groups is 2. The molecular formula is C12H21ClN2O3. The summed E-state index contributed by atoms with van der Waals surface area (Å²) in [6.45, 7) is 5.57. The van der Waals surface area contributed by atoms with Crippen LogP contribution in [0.4, 0.5) is 0 Å². The maximum atomic E-state index is 11.9. The van der Waals surface area contributed by atoms with E-state index in [-0.39, 0.29) is 17.8 Å². The molecule has 1 atom stereocenters. The zero-order chi connectivity index (χ0) is 13.5. The number of halogens is 1. The van der Waals surface area contributed by atoms with Crippen LogP contribution in [-0.4, -0.2) is 67.4 Å². The third kappa shape index (κ3) is 4.46. The zero-order valence-corrected chi connectivity index (χ0v) is 11.8. The Hall–Kier alpha value is -0.810. The predicted molar refractivity (Wildman–Crippen MR) is 69.5 cm³/mol. The highest BCUT2D eigenvalue weighted by Gasteiger charge is 2.24. The van der Waals surface area contributed by atoms with E-state index in [2.05, 4.69) is 9.64 Å². The largest absolute Gasteiger partial charge is 0.469 e. The van der Waals surface area contributed by atoms with Crippen LogP contribution in [0.1, 0.15) is 13.3 Å². The fourth-order valence-electron chi connectivity index (χ4n) is 1.92. The van der Waals surface area contributed by atoms with Crippen LogP contribution in [0.5, 0.6) is 0 Å². The fourth-order valence-corrected chi connectivity index (χ4v) is 2.05. The number of nitrogens with zero attached hydrogens (tertiary/aromatic N) is 2. The molecule has 0 aromatic rings. The van der Waals surface area contributed by atoms with Gasteiger partial charge < -0.3 is 9.64 Å². The Balaban J connectivity index is 2.28. The number of amides is 1. The number of ether oxygens (including phenoxy) is 1. The van der Waals surface area contributed by atoms with Gasteiger partial charge in [0.2, 0.25) is 5.91 Å². The van der Waals surface area contributed by atoms with Crippen LogP contribution in [0.3, 0.4) is 0 Å². The van der Waals surface area contributed by atoms with Crippen LogP contribution < -0.4 is 0 Å². The summed E-state index contributed by atoms with van der Waals surface area (Å²) in [7, 11) is 1.40. The molecule has 1 rings (SSSR count). The van der Waals surface area contributed by atoms with Gasteiger partial charge in [-0.15, -0.1) is 11.6 Å². The van der Waals surface area contributed by atoms with E-state index < -0.39 is 0 Å². The van der Waals surface area contributed by atoms with Crippen LogP contribution in [0.15, 0.2) is 0 Å². The van der Waals surface area contributed by atoms with Crippen molar-refractivity contribution in [2.45, 2.75) is 13.3 Å². The van der Waals surface area contributed by atoms with E-state index in [4.69, 9.17) is 11.6 Å². The summed E-state index contributed by atoms with van der Waals surface area (Å²) >= 11 is 5.69. The average Bonchev–Trinajstić information content (AvgIpc) is 2.43. The van der Waals surface area contributed by atoms with Gasteiger partial charge in [-0.1, -0.05) is 6.92 Å². The van der Waals surface area contributed by atoms with Gasteiger partial charge in [-0.3, -0.25) is 14.5 Å². The lowest BCUT2D eigenvalue weighted by atomic mass is 10.1. The van der Waals surface area contributed by atoms with Gasteiger partial charge in [-0.05, 0) is 0 Å². The molecule has 1 amide bonds. The summed E-state index contributed by atoms with van der Waals surface area (Å²) in [6, 6.07) is 0. The first-order valence-corrected chi connectivity index (χ1v) is 6.75. The van der Waals surface area contributed by atoms with Crippen LogP contribution in [0.2, 0.25) is 0 Å². The Bertz CT molecular complexity index is 291. The summed E-state index contributed by atoms with van der Waals surface area (Å²) < 4.78 is 4.60. The van der Waals surface area contributed by atoms with E-state index in [9.17, 15) is 9.59 Å². The van der Waals surface area contributed by atoms with Gasteiger partial charge in [-0.2, -0.15) is 0 Å². The molecule has 0 aromatic heterocycles. The lowest BCUT2D eigenvalue weighted by Gasteiger charge is -2.35. The Kier molecular flexibility index (Phi) is 6.43. The number of methoxy groups -OCH3 is 1. The van der Waals surface area contributed by atoms with Crippen molar-refractivity contribution in [3.8, 4) is 0 Å². The van der Waals surface area contributed by atoms with E-state index >= 15 is 0 Å². The normalized spacial score (nSPS) is 18.5. The number of esters is 1. The van der Waals surface area contributed by atoms with E-state index in [0.29, 0.717) is 31.9 Å². The maximum Gasteiger partial charge on any atom is 0.306 e. The second-order valence-corrected chi connectivity index (χ2v) is 4.86. The molecule has 0 bridgehead atoms. The first kappa shape index (κ1) is 15.2. The second kappa shape index (κ2) is 7.59. The number of hydrogen-bond donors (Lipinski definition) is 0. The van der Waals surface area contributed by atoms with E-state index in [1.54, 1.807) is 0 Å². The van der Waals surface area contributed by atoms with Gasteiger partial charge in [-0.25, -0.2) is 0 Å². The molecule has 0 aromatic carbocycles. The van der Waals surface area contributed by atoms with Crippen LogP contribution in [0.25, 0.3) is 0 Å². The van der Waals surface area contributed by atoms with Gasteiger partial charge in [0.15, 0.2) is 0 Å². The molecule has 1 saturated heterocycles. The molecule has 0 saturated carbocycles. The molecule has 1 unspecified atom stereocenters. The van der Waals surface area contributed by atoms with Crippen LogP contribution >= 0.6 is 11.6 Å². The smallest absolute Gasteiger partial charge is 0.306 e. The first-order valence-electron chi connectivity index (χ1n) is 6.22. The molecule has 18 heavy (non-hydrogen) atoms. The van der Waals surface area contributed by atoms with Gasteiger partial charge in [0, 0.05) is 44.5 Å². The summed E-state index contributed by atoms with van der Waals surface area (Å²) in [5.74, 6) is 0.177. The molecule has 5 nitrogen and oxygen atoms in total. The third-order valence-electron chi connectivity index (χ3n) is 3.20. The predicted octanol–water partition coefficient (Wildman–Crippen LogP) is 0.569. The molecule has 0 aliphatic carbocycles. The highest BCUT2D eigenvalue weighted by atomic mass is 35.5. The fraction of sp³-hybridized carbons (Fsp3) is 0.833. The van der Waals surface area contributed by atoms with Crippen LogP contribution in [-0.2, 0) is 14.3 Å². The van der Waals surface area contributed by atoms with E-state index in [1.165, 1.54) is 7.11 Å². The minimum absolute atomic E-state index is 0.117. The minimum Gasteiger partial charge on any atom is -0.469 e. The van der Waals surface area contributed by atoms with Crippen molar-refractivity contribution in [1.29, 1.82) is 0 Å². The quantitative estimate of drug-likeness (QED) is 0.544. The molecule has 0 radical (unpaired) electrons. The lowest BCUT2D eigenvalue weighted by molar-refractivity contribution is -0.142. The van der Waals surface area contributed by atoms with Crippen molar-refractivity contribution in [3.05, 3.63) is 0 Å². The van der Waals surface area contributed by atoms with Gasteiger partial charge in [0.1, 0.15) is 0 Å². The van der Waals surface area contributed by atoms with Crippen molar-refractivity contribution in [3.63, 3.8) is 0 Å². The summed E-state index contributed by atoms with van der Waals surface area (Å²) in [6.07, 6.45) is 0.405. The molecule has 1 heterocycles. The van der Waals surface area contributed by atoms with Gasteiger partial charge in [0.05, 0.1) is 13.5 Å².